The van der Waals surface area contributed by atoms with Crippen molar-refractivity contribution in [3.05, 3.63) is 48.4 Å². The van der Waals surface area contributed by atoms with Crippen LogP contribution in [0.5, 0.6) is 11.6 Å². The van der Waals surface area contributed by atoms with Crippen molar-refractivity contribution in [3.63, 3.8) is 0 Å². The van der Waals surface area contributed by atoms with Crippen LogP contribution in [0, 0.1) is 11.8 Å². The highest BCUT2D eigenvalue weighted by Crippen LogP contribution is 2.39. The minimum absolute atomic E-state index is 0.104. The van der Waals surface area contributed by atoms with Crippen LogP contribution in [0.15, 0.2) is 42.9 Å². The van der Waals surface area contributed by atoms with Gasteiger partial charge in [0.15, 0.2) is 5.78 Å². The van der Waals surface area contributed by atoms with E-state index < -0.39 is 0 Å². The summed E-state index contributed by atoms with van der Waals surface area (Å²) in [6, 6.07) is 6.47. The highest BCUT2D eigenvalue weighted by Gasteiger charge is 2.42. The number of phenolic OH excluding ortho intramolecular Hbond substituents is 1. The Hall–Kier alpha value is -2.47. The summed E-state index contributed by atoms with van der Waals surface area (Å²) in [7, 11) is 0. The largest absolute Gasteiger partial charge is 0.508 e. The predicted octanol–water partition coefficient (Wildman–Crippen LogP) is 2.15. The molecule has 1 N–H and O–H groups in total. The Bertz CT molecular complexity index is 721. The molecule has 2 unspecified atom stereocenters. The maximum Gasteiger partial charge on any atom is 0.232 e. The Morgan fingerprint density at radius 3 is 2.52 bits per heavy atom. The molecule has 2 aromatic rings. The average molecular weight is 339 g/mol. The molecule has 6 heteroatoms. The van der Waals surface area contributed by atoms with Crippen LogP contribution in [0.1, 0.15) is 23.2 Å². The van der Waals surface area contributed by atoms with Crippen LogP contribution in [0.2, 0.25) is 0 Å². The molecule has 1 aromatic heterocycles. The van der Waals surface area contributed by atoms with Crippen LogP contribution in [0.3, 0.4) is 0 Å². The first-order chi connectivity index (χ1) is 12.2. The molecule has 0 bridgehead atoms. The molecule has 1 saturated heterocycles. The van der Waals surface area contributed by atoms with Gasteiger partial charge >= 0.3 is 0 Å². The fraction of sp³-hybridized carbons (Fsp3) is 0.421. The number of ketones is 1. The van der Waals surface area contributed by atoms with E-state index >= 15 is 0 Å². The fourth-order valence-electron chi connectivity index (χ4n) is 4.03. The van der Waals surface area contributed by atoms with Crippen LogP contribution in [0.25, 0.3) is 0 Å². The van der Waals surface area contributed by atoms with Gasteiger partial charge in [0.1, 0.15) is 11.9 Å². The summed E-state index contributed by atoms with van der Waals surface area (Å²) in [5.74, 6) is 2.03. The number of carbonyl (C=O) groups excluding carboxylic acids is 1. The molecule has 1 aliphatic heterocycles. The monoisotopic (exact) mass is 339 g/mol. The van der Waals surface area contributed by atoms with Gasteiger partial charge in [-0.05, 0) is 48.9 Å². The van der Waals surface area contributed by atoms with Gasteiger partial charge in [-0.3, -0.25) is 14.7 Å². The Kier molecular flexibility index (Phi) is 4.36. The lowest BCUT2D eigenvalue weighted by Crippen LogP contribution is -2.30. The molecule has 1 aromatic carbocycles. The van der Waals surface area contributed by atoms with Crippen LogP contribution in [0.4, 0.5) is 0 Å². The minimum Gasteiger partial charge on any atom is -0.508 e. The zero-order chi connectivity index (χ0) is 17.2. The zero-order valence-electron chi connectivity index (χ0n) is 13.9. The first-order valence-corrected chi connectivity index (χ1v) is 8.64. The van der Waals surface area contributed by atoms with Gasteiger partial charge in [0, 0.05) is 31.0 Å². The Balaban J connectivity index is 1.29. The van der Waals surface area contributed by atoms with Crippen molar-refractivity contribution in [2.45, 2.75) is 18.9 Å². The third-order valence-electron chi connectivity index (χ3n) is 5.17. The van der Waals surface area contributed by atoms with Gasteiger partial charge in [0.2, 0.25) is 5.88 Å². The highest BCUT2D eigenvalue weighted by atomic mass is 16.5. The number of hydrogen-bond donors (Lipinski definition) is 1. The van der Waals surface area contributed by atoms with Gasteiger partial charge in [-0.1, -0.05) is 0 Å². The lowest BCUT2D eigenvalue weighted by Gasteiger charge is -2.18. The molecule has 2 aliphatic rings. The molecule has 0 radical (unpaired) electrons. The number of benzene rings is 1. The van der Waals surface area contributed by atoms with Gasteiger partial charge < -0.3 is 9.84 Å². The molecule has 0 amide bonds. The number of hydrogen-bond acceptors (Lipinski definition) is 6. The molecular formula is C19H21N3O3. The molecule has 2 fully saturated rings. The number of nitrogens with zero attached hydrogens (tertiary/aromatic N) is 3. The fourth-order valence-corrected chi connectivity index (χ4v) is 4.03. The molecule has 4 rings (SSSR count). The molecule has 1 saturated carbocycles. The SMILES string of the molecule is O=C(CN1CC2CC(Oc3cnccn3)C[C@H]2C1)c1ccc(O)cc1. The van der Waals surface area contributed by atoms with Crippen molar-refractivity contribution >= 4 is 5.78 Å². The number of carbonyl (C=O) groups is 1. The number of aromatic hydroxyl groups is 1. The quantitative estimate of drug-likeness (QED) is 0.841. The number of phenols is 1. The average Bonchev–Trinajstić information content (AvgIpc) is 3.14. The maximum absolute atomic E-state index is 12.4. The predicted molar refractivity (Wildman–Crippen MR) is 91.5 cm³/mol. The second kappa shape index (κ2) is 6.80. The summed E-state index contributed by atoms with van der Waals surface area (Å²) < 4.78 is 5.93. The zero-order valence-corrected chi connectivity index (χ0v) is 13.9. The molecule has 0 spiro atoms. The number of ether oxygens (including phenoxy) is 1. The number of rotatable bonds is 5. The van der Waals surface area contributed by atoms with Gasteiger partial charge in [-0.25, -0.2) is 4.98 Å². The van der Waals surface area contributed by atoms with E-state index in [0.717, 1.165) is 25.9 Å². The molecule has 25 heavy (non-hydrogen) atoms. The van der Waals surface area contributed by atoms with Crippen molar-refractivity contribution in [3.8, 4) is 11.6 Å². The van der Waals surface area contributed by atoms with E-state index in [1.807, 2.05) is 0 Å². The summed E-state index contributed by atoms with van der Waals surface area (Å²) in [6.45, 7) is 2.32. The molecule has 130 valence electrons. The summed E-state index contributed by atoms with van der Waals surface area (Å²) >= 11 is 0. The van der Waals surface area contributed by atoms with Crippen molar-refractivity contribution in [2.75, 3.05) is 19.6 Å². The third kappa shape index (κ3) is 3.64. The van der Waals surface area contributed by atoms with Crippen molar-refractivity contribution in [2.24, 2.45) is 11.8 Å². The summed E-state index contributed by atoms with van der Waals surface area (Å²) in [4.78, 5) is 22.8. The van der Waals surface area contributed by atoms with Gasteiger partial charge in [-0.15, -0.1) is 0 Å². The Morgan fingerprint density at radius 1 is 1.16 bits per heavy atom. The lowest BCUT2D eigenvalue weighted by atomic mass is 10.0. The van der Waals surface area contributed by atoms with Crippen LogP contribution < -0.4 is 4.74 Å². The maximum atomic E-state index is 12.4. The third-order valence-corrected chi connectivity index (χ3v) is 5.17. The minimum atomic E-state index is 0.104. The lowest BCUT2D eigenvalue weighted by molar-refractivity contribution is 0.0936. The second-order valence-corrected chi connectivity index (χ2v) is 6.94. The molecule has 2 heterocycles. The van der Waals surface area contributed by atoms with Crippen LogP contribution in [-0.2, 0) is 0 Å². The highest BCUT2D eigenvalue weighted by molar-refractivity contribution is 5.97. The molecule has 1 aliphatic carbocycles. The first kappa shape index (κ1) is 16.0. The van der Waals surface area contributed by atoms with Gasteiger partial charge in [-0.2, -0.15) is 0 Å². The van der Waals surface area contributed by atoms with E-state index in [1.165, 1.54) is 0 Å². The van der Waals surface area contributed by atoms with Crippen molar-refractivity contribution in [1.82, 2.24) is 14.9 Å². The molecule has 6 nitrogen and oxygen atoms in total. The number of aromatic nitrogens is 2. The topological polar surface area (TPSA) is 75.6 Å². The summed E-state index contributed by atoms with van der Waals surface area (Å²) in [5.41, 5.74) is 0.652. The molecular weight excluding hydrogens is 318 g/mol. The number of likely N-dealkylation sites (tertiary alicyclic amines) is 1. The first-order valence-electron chi connectivity index (χ1n) is 8.64. The van der Waals surface area contributed by atoms with E-state index in [-0.39, 0.29) is 17.6 Å². The van der Waals surface area contributed by atoms with Crippen molar-refractivity contribution in [1.29, 1.82) is 0 Å². The van der Waals surface area contributed by atoms with Gasteiger partial charge in [0.25, 0.3) is 0 Å². The van der Waals surface area contributed by atoms with E-state index in [9.17, 15) is 9.90 Å². The summed E-state index contributed by atoms with van der Waals surface area (Å²) in [6.07, 6.45) is 7.13. The van der Waals surface area contributed by atoms with E-state index in [0.29, 0.717) is 29.8 Å². The van der Waals surface area contributed by atoms with E-state index in [2.05, 4.69) is 14.9 Å². The summed E-state index contributed by atoms with van der Waals surface area (Å²) in [5, 5.41) is 9.32. The molecule has 3 atom stereocenters. The normalized spacial score (nSPS) is 25.7. The standard InChI is InChI=1S/C19H21N3O3/c23-16-3-1-13(2-4-16)18(24)12-22-10-14-7-17(8-15(14)11-22)25-19-9-20-5-6-21-19/h1-6,9,14-15,17,23H,7-8,10-12H2/t14-,15?,17?/m0/s1. The smallest absolute Gasteiger partial charge is 0.232 e. The van der Waals surface area contributed by atoms with E-state index in [4.69, 9.17) is 4.74 Å². The number of fused-ring (bicyclic) bond motifs is 1. The number of Topliss-reactive ketones (excluding diaryl/α,β-unsaturated/α-hetero) is 1. The van der Waals surface area contributed by atoms with Gasteiger partial charge in [0.05, 0.1) is 12.7 Å². The van der Waals surface area contributed by atoms with Crippen molar-refractivity contribution < 1.29 is 14.6 Å². The Morgan fingerprint density at radius 2 is 1.88 bits per heavy atom. The van der Waals surface area contributed by atoms with Crippen LogP contribution in [-0.4, -0.2) is 51.5 Å². The Labute approximate surface area is 146 Å². The second-order valence-electron chi connectivity index (χ2n) is 6.94. The van der Waals surface area contributed by atoms with E-state index in [1.54, 1.807) is 42.9 Å². The van der Waals surface area contributed by atoms with Crippen LogP contribution >= 0.6 is 0 Å².